The number of hydrogen-bond donors (Lipinski definition) is 0. The minimum Gasteiger partial charge on any atom is -0.356 e. The van der Waals surface area contributed by atoms with E-state index in [1.165, 1.54) is 6.08 Å². The molecule has 0 radical (unpaired) electrons. The molecular weight excluding hydrogens is 186 g/mol. The summed E-state index contributed by atoms with van der Waals surface area (Å²) in [6.45, 7) is 0.432. The largest absolute Gasteiger partial charge is 0.356 e. The average molecular weight is 201 g/mol. The van der Waals surface area contributed by atoms with Crippen LogP contribution in [-0.4, -0.2) is 42.7 Å². The fourth-order valence-electron chi connectivity index (χ4n) is 0.847. The summed E-state index contributed by atoms with van der Waals surface area (Å²) in [7, 11) is 2.95. The van der Waals surface area contributed by atoms with Crippen LogP contribution in [0.1, 0.15) is 0 Å². The van der Waals surface area contributed by atoms with Gasteiger partial charge in [-0.05, 0) is 6.04 Å². The Balaban J connectivity index is 3.42. The first-order valence-corrected chi connectivity index (χ1v) is 5.91. The van der Waals surface area contributed by atoms with Crippen LogP contribution in [0.3, 0.4) is 0 Å². The third-order valence-corrected chi connectivity index (χ3v) is 2.99. The van der Waals surface area contributed by atoms with Crippen LogP contribution in [0.25, 0.3) is 0 Å². The van der Waals surface area contributed by atoms with E-state index in [0.29, 0.717) is 6.54 Å². The molecule has 0 rings (SSSR count). The number of aliphatic imine (C=N–C) groups is 1. The van der Waals surface area contributed by atoms with Crippen molar-refractivity contribution in [2.24, 2.45) is 4.99 Å². The van der Waals surface area contributed by atoms with Crippen molar-refractivity contribution >= 4 is 15.6 Å². The summed E-state index contributed by atoms with van der Waals surface area (Å²) in [5.41, 5.74) is 2.08. The number of rotatable bonds is 7. The Kier molecular flexibility index (Phi) is 8.81. The van der Waals surface area contributed by atoms with Gasteiger partial charge in [0.15, 0.2) is 6.29 Å². The highest BCUT2D eigenvalue weighted by Crippen LogP contribution is 1.97. The molecule has 0 fully saturated rings. The molecule has 0 saturated carbocycles. The molecule has 5 heteroatoms. The quantitative estimate of drug-likeness (QED) is 0.253. The van der Waals surface area contributed by atoms with Crippen molar-refractivity contribution in [3.63, 3.8) is 0 Å². The standard InChI is InChI=1S/C8H15NO3Si/c1-11-8(12-2)6-13-5-3-4-9-7-10/h3,5,8H,4,6,13H2,1-2H3. The Morgan fingerprint density at radius 1 is 1.54 bits per heavy atom. The lowest BCUT2D eigenvalue weighted by molar-refractivity contribution is -0.0874. The number of hydrogen-bond acceptors (Lipinski definition) is 4. The maximum Gasteiger partial charge on any atom is 0.235 e. The minimum absolute atomic E-state index is 0.0918. The monoisotopic (exact) mass is 201 g/mol. The Bertz CT molecular complexity index is 186. The number of carbonyl (C=O) groups excluding carboxylic acids is 1. The second kappa shape index (κ2) is 9.35. The zero-order valence-electron chi connectivity index (χ0n) is 8.03. The van der Waals surface area contributed by atoms with E-state index in [1.54, 1.807) is 14.2 Å². The molecule has 4 nitrogen and oxygen atoms in total. The van der Waals surface area contributed by atoms with Gasteiger partial charge in [0.25, 0.3) is 0 Å². The second-order valence-electron chi connectivity index (χ2n) is 2.38. The second-order valence-corrected chi connectivity index (χ2v) is 4.01. The van der Waals surface area contributed by atoms with Crippen LogP contribution in [0.5, 0.6) is 0 Å². The number of nitrogens with zero attached hydrogens (tertiary/aromatic N) is 1. The normalized spacial score (nSPS) is 11.6. The lowest BCUT2D eigenvalue weighted by Crippen LogP contribution is -2.14. The van der Waals surface area contributed by atoms with Crippen LogP contribution in [0.15, 0.2) is 16.8 Å². The molecule has 0 aliphatic carbocycles. The molecule has 0 aromatic rings. The van der Waals surface area contributed by atoms with Crippen LogP contribution in [0.4, 0.5) is 0 Å². The Morgan fingerprint density at radius 2 is 2.23 bits per heavy atom. The summed E-state index contributed by atoms with van der Waals surface area (Å²) in [4.78, 5) is 13.1. The van der Waals surface area contributed by atoms with Crippen molar-refractivity contribution < 1.29 is 14.3 Å². The molecule has 0 saturated heterocycles. The lowest BCUT2D eigenvalue weighted by atomic mass is 10.6. The SMILES string of the molecule is COC(C[SiH2]C=CCN=C=O)OC. The van der Waals surface area contributed by atoms with Crippen LogP contribution < -0.4 is 0 Å². The van der Waals surface area contributed by atoms with E-state index < -0.39 is 0 Å². The molecule has 0 aliphatic heterocycles. The molecule has 0 aliphatic rings. The van der Waals surface area contributed by atoms with E-state index >= 15 is 0 Å². The predicted octanol–water partition coefficient (Wildman–Crippen LogP) is 0.0419. The maximum atomic E-state index is 9.68. The van der Waals surface area contributed by atoms with Crippen LogP contribution in [-0.2, 0) is 14.3 Å². The van der Waals surface area contributed by atoms with Gasteiger partial charge in [-0.3, -0.25) is 0 Å². The van der Waals surface area contributed by atoms with Gasteiger partial charge in [-0.15, -0.1) is 5.70 Å². The van der Waals surface area contributed by atoms with Gasteiger partial charge in [-0.25, -0.2) is 9.79 Å². The van der Waals surface area contributed by atoms with Gasteiger partial charge in [0, 0.05) is 14.2 Å². The molecule has 13 heavy (non-hydrogen) atoms. The van der Waals surface area contributed by atoms with Crippen LogP contribution >= 0.6 is 0 Å². The zero-order chi connectivity index (χ0) is 9.94. The topological polar surface area (TPSA) is 47.9 Å². The van der Waals surface area contributed by atoms with Crippen LogP contribution in [0, 0.1) is 0 Å². The highest BCUT2D eigenvalue weighted by molar-refractivity contribution is 6.42. The van der Waals surface area contributed by atoms with E-state index in [4.69, 9.17) is 9.47 Å². The molecule has 0 atom stereocenters. The zero-order valence-corrected chi connectivity index (χ0v) is 9.44. The van der Waals surface area contributed by atoms with Crippen molar-refractivity contribution in [2.45, 2.75) is 12.3 Å². The fourth-order valence-corrected chi connectivity index (χ4v) is 2.17. The van der Waals surface area contributed by atoms with E-state index in [2.05, 4.69) is 10.7 Å². The Labute approximate surface area is 80.5 Å². The molecule has 0 unspecified atom stereocenters. The van der Waals surface area contributed by atoms with Crippen molar-refractivity contribution in [2.75, 3.05) is 20.8 Å². The van der Waals surface area contributed by atoms with E-state index in [-0.39, 0.29) is 15.8 Å². The fraction of sp³-hybridized carbons (Fsp3) is 0.625. The van der Waals surface area contributed by atoms with Gasteiger partial charge in [-0.2, -0.15) is 0 Å². The molecular formula is C8H15NO3Si. The summed E-state index contributed by atoms with van der Waals surface area (Å²) in [6.07, 6.45) is 3.26. The number of ether oxygens (including phenoxy) is 2. The first-order chi connectivity index (χ1) is 6.35. The van der Waals surface area contributed by atoms with Crippen molar-refractivity contribution in [1.29, 1.82) is 0 Å². The minimum atomic E-state index is -0.306. The summed E-state index contributed by atoms with van der Waals surface area (Å²) < 4.78 is 10.0. The molecule has 0 aromatic heterocycles. The van der Waals surface area contributed by atoms with Crippen molar-refractivity contribution in [3.8, 4) is 0 Å². The predicted molar refractivity (Wildman–Crippen MR) is 53.3 cm³/mol. The molecule has 74 valence electrons. The molecule has 0 heterocycles. The summed E-state index contributed by atoms with van der Waals surface area (Å²) in [5, 5.41) is 0. The number of methoxy groups -OCH3 is 2. The van der Waals surface area contributed by atoms with Gasteiger partial charge < -0.3 is 9.47 Å². The first-order valence-electron chi connectivity index (χ1n) is 4.09. The third-order valence-electron chi connectivity index (χ3n) is 1.52. The maximum absolute atomic E-state index is 9.68. The summed E-state index contributed by atoms with van der Waals surface area (Å²) in [6, 6.07) is 0.939. The Morgan fingerprint density at radius 3 is 2.77 bits per heavy atom. The number of isocyanates is 1. The van der Waals surface area contributed by atoms with E-state index in [1.807, 2.05) is 6.08 Å². The van der Waals surface area contributed by atoms with Crippen LogP contribution in [0.2, 0.25) is 6.04 Å². The van der Waals surface area contributed by atoms with Crippen molar-refractivity contribution in [3.05, 3.63) is 11.8 Å². The highest BCUT2D eigenvalue weighted by atomic mass is 28.2. The molecule has 0 amide bonds. The molecule has 0 N–H and O–H groups in total. The summed E-state index contributed by atoms with van der Waals surface area (Å²) >= 11 is 0. The van der Waals surface area contributed by atoms with Gasteiger partial charge in [0.05, 0.1) is 16.1 Å². The summed E-state index contributed by atoms with van der Waals surface area (Å²) in [5.74, 6) is 0. The Hall–Kier alpha value is -0.743. The van der Waals surface area contributed by atoms with E-state index in [9.17, 15) is 4.79 Å². The van der Waals surface area contributed by atoms with E-state index in [0.717, 1.165) is 6.04 Å². The average Bonchev–Trinajstić information content (AvgIpc) is 2.17. The van der Waals surface area contributed by atoms with Gasteiger partial charge in [0.2, 0.25) is 6.08 Å². The first kappa shape index (κ1) is 12.3. The molecule has 0 bridgehead atoms. The van der Waals surface area contributed by atoms with Crippen molar-refractivity contribution in [1.82, 2.24) is 0 Å². The molecule has 0 spiro atoms. The third kappa shape index (κ3) is 7.61. The highest BCUT2D eigenvalue weighted by Gasteiger charge is 2.01. The smallest absolute Gasteiger partial charge is 0.235 e. The lowest BCUT2D eigenvalue weighted by Gasteiger charge is -2.10. The van der Waals surface area contributed by atoms with Gasteiger partial charge in [-0.1, -0.05) is 6.08 Å². The van der Waals surface area contributed by atoms with Gasteiger partial charge in [0.1, 0.15) is 0 Å². The molecule has 0 aromatic carbocycles. The van der Waals surface area contributed by atoms with Gasteiger partial charge >= 0.3 is 0 Å².